The number of rotatable bonds is 5. The van der Waals surface area contributed by atoms with Crippen molar-refractivity contribution in [3.63, 3.8) is 0 Å². The van der Waals surface area contributed by atoms with Gasteiger partial charge in [-0.1, -0.05) is 30.3 Å². The van der Waals surface area contributed by atoms with Crippen molar-refractivity contribution in [2.75, 3.05) is 0 Å². The molecule has 0 aliphatic carbocycles. The molecule has 4 nitrogen and oxygen atoms in total. The quantitative estimate of drug-likeness (QED) is 0.737. The predicted octanol–water partition coefficient (Wildman–Crippen LogP) is 4.61. The van der Waals surface area contributed by atoms with E-state index in [1.54, 1.807) is 11.3 Å². The second-order valence-corrected chi connectivity index (χ2v) is 7.89. The normalized spacial score (nSPS) is 13.2. The van der Waals surface area contributed by atoms with Crippen molar-refractivity contribution in [1.29, 1.82) is 0 Å². The molecular formula is C19H24N4S. The van der Waals surface area contributed by atoms with Crippen molar-refractivity contribution in [3.8, 4) is 11.3 Å². The second-order valence-electron chi connectivity index (χ2n) is 7.00. The van der Waals surface area contributed by atoms with Gasteiger partial charge in [0.25, 0.3) is 0 Å². The molecule has 2 heterocycles. The van der Waals surface area contributed by atoms with Crippen molar-refractivity contribution in [2.45, 2.75) is 45.8 Å². The summed E-state index contributed by atoms with van der Waals surface area (Å²) in [7, 11) is 0. The Labute approximate surface area is 147 Å². The summed E-state index contributed by atoms with van der Waals surface area (Å²) in [5.74, 6) is 0. The molecule has 1 N–H and O–H groups in total. The lowest BCUT2D eigenvalue weighted by atomic mass is 10.1. The smallest absolute Gasteiger partial charge is 0.110 e. The number of thiazole rings is 1. The molecule has 2 aromatic heterocycles. The Kier molecular flexibility index (Phi) is 4.83. The number of aromatic nitrogens is 3. The van der Waals surface area contributed by atoms with Crippen LogP contribution in [0.25, 0.3) is 11.3 Å². The van der Waals surface area contributed by atoms with E-state index in [0.717, 1.165) is 17.2 Å². The molecule has 126 valence electrons. The average Bonchev–Trinajstić information content (AvgIpc) is 3.22. The average molecular weight is 340 g/mol. The Morgan fingerprint density at radius 2 is 1.96 bits per heavy atom. The maximum absolute atomic E-state index is 4.77. The van der Waals surface area contributed by atoms with E-state index >= 15 is 0 Å². The van der Waals surface area contributed by atoms with Gasteiger partial charge in [0, 0.05) is 29.2 Å². The van der Waals surface area contributed by atoms with Crippen LogP contribution in [-0.4, -0.2) is 14.8 Å². The van der Waals surface area contributed by atoms with Crippen molar-refractivity contribution in [3.05, 3.63) is 58.7 Å². The van der Waals surface area contributed by atoms with Crippen LogP contribution in [0.15, 0.2) is 48.1 Å². The highest BCUT2D eigenvalue weighted by Crippen LogP contribution is 2.25. The minimum atomic E-state index is 0.0176. The van der Waals surface area contributed by atoms with E-state index in [1.807, 2.05) is 29.1 Å². The van der Waals surface area contributed by atoms with Gasteiger partial charge in [-0.3, -0.25) is 4.68 Å². The van der Waals surface area contributed by atoms with E-state index in [-0.39, 0.29) is 11.6 Å². The molecule has 0 radical (unpaired) electrons. The fourth-order valence-electron chi connectivity index (χ4n) is 2.40. The predicted molar refractivity (Wildman–Crippen MR) is 100 cm³/mol. The number of nitrogens with zero attached hydrogens (tertiary/aromatic N) is 3. The van der Waals surface area contributed by atoms with E-state index < -0.39 is 0 Å². The molecule has 1 atom stereocenters. The molecule has 0 saturated heterocycles. The highest BCUT2D eigenvalue weighted by atomic mass is 32.1. The van der Waals surface area contributed by atoms with Gasteiger partial charge in [0.2, 0.25) is 0 Å². The maximum Gasteiger partial charge on any atom is 0.110 e. The molecule has 0 aliphatic heterocycles. The van der Waals surface area contributed by atoms with Gasteiger partial charge in [-0.2, -0.15) is 5.10 Å². The van der Waals surface area contributed by atoms with Crippen LogP contribution in [-0.2, 0) is 12.1 Å². The van der Waals surface area contributed by atoms with Crippen LogP contribution in [0, 0.1) is 0 Å². The lowest BCUT2D eigenvalue weighted by Crippen LogP contribution is -2.22. The van der Waals surface area contributed by atoms with Crippen molar-refractivity contribution < 1.29 is 0 Å². The van der Waals surface area contributed by atoms with Gasteiger partial charge in [0.1, 0.15) is 5.01 Å². The molecule has 0 bridgehead atoms. The zero-order valence-electron chi connectivity index (χ0n) is 14.7. The summed E-state index contributed by atoms with van der Waals surface area (Å²) in [4.78, 5) is 4.77. The lowest BCUT2D eigenvalue weighted by Gasteiger charge is -2.18. The molecule has 0 saturated carbocycles. The molecule has 0 fully saturated rings. The van der Waals surface area contributed by atoms with E-state index in [2.05, 4.69) is 61.8 Å². The highest BCUT2D eigenvalue weighted by molar-refractivity contribution is 7.10. The van der Waals surface area contributed by atoms with Gasteiger partial charge in [0.05, 0.1) is 23.5 Å². The molecule has 3 rings (SSSR count). The molecule has 0 unspecified atom stereocenters. The first-order valence-corrected chi connectivity index (χ1v) is 9.10. The molecule has 0 amide bonds. The second kappa shape index (κ2) is 6.87. The summed E-state index contributed by atoms with van der Waals surface area (Å²) in [5.41, 5.74) is 3.42. The molecule has 5 heteroatoms. The van der Waals surface area contributed by atoms with Crippen LogP contribution in [0.3, 0.4) is 0 Å². The van der Waals surface area contributed by atoms with Crippen molar-refractivity contribution in [1.82, 2.24) is 20.1 Å². The summed E-state index contributed by atoms with van der Waals surface area (Å²) < 4.78 is 2.01. The van der Waals surface area contributed by atoms with E-state index in [0.29, 0.717) is 0 Å². The van der Waals surface area contributed by atoms with Gasteiger partial charge in [0.15, 0.2) is 0 Å². The molecule has 0 aliphatic rings. The summed E-state index contributed by atoms with van der Waals surface area (Å²) in [5, 5.41) is 11.2. The third kappa shape index (κ3) is 3.91. The molecule has 24 heavy (non-hydrogen) atoms. The number of hydrogen-bond acceptors (Lipinski definition) is 4. The number of benzene rings is 1. The minimum Gasteiger partial charge on any atom is -0.304 e. The Bertz CT molecular complexity index is 783. The van der Waals surface area contributed by atoms with Crippen LogP contribution in [0.5, 0.6) is 0 Å². The van der Waals surface area contributed by atoms with Gasteiger partial charge in [-0.15, -0.1) is 11.3 Å². The first kappa shape index (κ1) is 16.9. The van der Waals surface area contributed by atoms with Gasteiger partial charge in [-0.25, -0.2) is 4.98 Å². The number of hydrogen-bond donors (Lipinski definition) is 1. The van der Waals surface area contributed by atoms with Crippen molar-refractivity contribution >= 4 is 11.3 Å². The topological polar surface area (TPSA) is 42.7 Å². The fraction of sp³-hybridized carbons (Fsp3) is 0.368. The highest BCUT2D eigenvalue weighted by Gasteiger charge is 2.15. The van der Waals surface area contributed by atoms with Crippen LogP contribution in [0.2, 0.25) is 0 Å². The first-order chi connectivity index (χ1) is 11.4. The van der Waals surface area contributed by atoms with E-state index in [9.17, 15) is 0 Å². The zero-order chi connectivity index (χ0) is 17.2. The standard InChI is InChI=1S/C19H24N4S/c1-14(20-10-15-11-21-23(12-15)19(2,3)4)18-22-17(13-24-18)16-8-6-5-7-9-16/h5-9,11-14,20H,10H2,1-4H3/t14-/m0/s1. The Morgan fingerprint density at radius 1 is 1.21 bits per heavy atom. The van der Waals surface area contributed by atoms with Gasteiger partial charge >= 0.3 is 0 Å². The zero-order valence-corrected chi connectivity index (χ0v) is 15.5. The van der Waals surface area contributed by atoms with E-state index in [1.165, 1.54) is 11.1 Å². The summed E-state index contributed by atoms with van der Waals surface area (Å²) in [6, 6.07) is 10.5. The minimum absolute atomic E-state index is 0.0176. The number of nitrogens with one attached hydrogen (secondary N) is 1. The summed E-state index contributed by atoms with van der Waals surface area (Å²) >= 11 is 1.70. The third-order valence-electron chi connectivity index (χ3n) is 3.90. The SMILES string of the molecule is C[C@H](NCc1cnn(C(C)(C)C)c1)c1nc(-c2ccccc2)cs1. The van der Waals surface area contributed by atoms with Gasteiger partial charge in [-0.05, 0) is 27.7 Å². The molecular weight excluding hydrogens is 316 g/mol. The van der Waals surface area contributed by atoms with Crippen LogP contribution in [0.1, 0.15) is 44.3 Å². The Morgan fingerprint density at radius 3 is 2.62 bits per heavy atom. The Hall–Kier alpha value is -1.98. The van der Waals surface area contributed by atoms with Crippen molar-refractivity contribution in [2.24, 2.45) is 0 Å². The van der Waals surface area contributed by atoms with Gasteiger partial charge < -0.3 is 5.32 Å². The fourth-order valence-corrected chi connectivity index (χ4v) is 3.26. The molecule has 0 spiro atoms. The lowest BCUT2D eigenvalue weighted by molar-refractivity contribution is 0.355. The summed E-state index contributed by atoms with van der Waals surface area (Å²) in [6.07, 6.45) is 4.04. The molecule has 1 aromatic carbocycles. The maximum atomic E-state index is 4.77. The van der Waals surface area contributed by atoms with Crippen LogP contribution < -0.4 is 5.32 Å². The Balaban J connectivity index is 1.62. The first-order valence-electron chi connectivity index (χ1n) is 8.22. The molecule has 3 aromatic rings. The largest absolute Gasteiger partial charge is 0.304 e. The van der Waals surface area contributed by atoms with Crippen LogP contribution >= 0.6 is 11.3 Å². The van der Waals surface area contributed by atoms with Crippen LogP contribution in [0.4, 0.5) is 0 Å². The third-order valence-corrected chi connectivity index (χ3v) is 4.93. The summed E-state index contributed by atoms with van der Waals surface area (Å²) in [6.45, 7) is 9.40. The monoisotopic (exact) mass is 340 g/mol. The van der Waals surface area contributed by atoms with E-state index in [4.69, 9.17) is 4.98 Å².